The van der Waals surface area contributed by atoms with E-state index in [1.165, 1.54) is 82.0 Å². The van der Waals surface area contributed by atoms with Crippen LogP contribution >= 0.6 is 0 Å². The Morgan fingerprint density at radius 1 is 0.733 bits per heavy atom. The van der Waals surface area contributed by atoms with E-state index in [2.05, 4.69) is 13.8 Å². The predicted octanol–water partition coefficient (Wildman–Crippen LogP) is 3.98. The van der Waals surface area contributed by atoms with Gasteiger partial charge in [-0.3, -0.25) is 0 Å². The molecule has 15 heavy (non-hydrogen) atoms. The lowest BCUT2D eigenvalue weighted by Gasteiger charge is -2.38. The minimum atomic E-state index is 1.37. The second-order valence-corrected chi connectivity index (χ2v) is 5.36. The SMILES string of the molecule is CCCC[N+]1(CCCC)CCCCCC1. The number of likely N-dealkylation sites (tertiary alicyclic amines) is 1. The summed E-state index contributed by atoms with van der Waals surface area (Å²) in [4.78, 5) is 0. The summed E-state index contributed by atoms with van der Waals surface area (Å²) in [6.45, 7) is 10.5. The molecule has 0 aromatic rings. The van der Waals surface area contributed by atoms with Crippen LogP contribution in [0.5, 0.6) is 0 Å². The monoisotopic (exact) mass is 212 g/mol. The molecule has 1 fully saturated rings. The van der Waals surface area contributed by atoms with Crippen molar-refractivity contribution in [2.75, 3.05) is 26.2 Å². The molecule has 1 aliphatic rings. The minimum absolute atomic E-state index is 1.37. The summed E-state index contributed by atoms with van der Waals surface area (Å²) in [6, 6.07) is 0. The van der Waals surface area contributed by atoms with Gasteiger partial charge in [-0.25, -0.2) is 0 Å². The zero-order valence-electron chi connectivity index (χ0n) is 10.9. The number of quaternary nitrogens is 1. The fraction of sp³-hybridized carbons (Fsp3) is 1.00. The van der Waals surface area contributed by atoms with E-state index in [1.54, 1.807) is 0 Å². The molecule has 0 aromatic heterocycles. The normalized spacial score (nSPS) is 21.2. The molecule has 0 bridgehead atoms. The zero-order chi connectivity index (χ0) is 11.0. The first-order chi connectivity index (χ1) is 7.33. The molecule has 1 heteroatoms. The van der Waals surface area contributed by atoms with Crippen molar-refractivity contribution in [2.45, 2.75) is 65.2 Å². The van der Waals surface area contributed by atoms with Crippen LogP contribution in [0.2, 0.25) is 0 Å². The molecule has 0 unspecified atom stereocenters. The molecule has 0 atom stereocenters. The molecule has 0 spiro atoms. The summed E-state index contributed by atoms with van der Waals surface area (Å²) in [5.74, 6) is 0. The van der Waals surface area contributed by atoms with Gasteiger partial charge >= 0.3 is 0 Å². The Labute approximate surface area is 96.4 Å². The van der Waals surface area contributed by atoms with Crippen LogP contribution in [0.3, 0.4) is 0 Å². The highest BCUT2D eigenvalue weighted by molar-refractivity contribution is 4.54. The first kappa shape index (κ1) is 13.0. The summed E-state index contributed by atoms with van der Waals surface area (Å²) in [5.41, 5.74) is 0. The quantitative estimate of drug-likeness (QED) is 0.584. The molecule has 1 aliphatic heterocycles. The van der Waals surface area contributed by atoms with E-state index in [-0.39, 0.29) is 0 Å². The van der Waals surface area contributed by atoms with Gasteiger partial charge in [-0.2, -0.15) is 0 Å². The number of unbranched alkanes of at least 4 members (excludes halogenated alkanes) is 2. The van der Waals surface area contributed by atoms with Crippen LogP contribution in [0.4, 0.5) is 0 Å². The molecule has 0 N–H and O–H groups in total. The lowest BCUT2D eigenvalue weighted by molar-refractivity contribution is -0.927. The first-order valence-corrected chi connectivity index (χ1v) is 7.18. The number of rotatable bonds is 6. The van der Waals surface area contributed by atoms with Crippen LogP contribution in [0, 0.1) is 0 Å². The van der Waals surface area contributed by atoms with Crippen molar-refractivity contribution in [2.24, 2.45) is 0 Å². The van der Waals surface area contributed by atoms with Crippen LogP contribution in [-0.4, -0.2) is 30.7 Å². The second kappa shape index (κ2) is 7.27. The van der Waals surface area contributed by atoms with Crippen molar-refractivity contribution in [1.82, 2.24) is 0 Å². The van der Waals surface area contributed by atoms with Gasteiger partial charge in [0.1, 0.15) is 0 Å². The van der Waals surface area contributed by atoms with Gasteiger partial charge < -0.3 is 4.48 Å². The lowest BCUT2D eigenvalue weighted by atomic mass is 10.2. The van der Waals surface area contributed by atoms with Crippen molar-refractivity contribution in [1.29, 1.82) is 0 Å². The smallest absolute Gasteiger partial charge is 0.0786 e. The molecule has 1 heterocycles. The Kier molecular flexibility index (Phi) is 6.31. The maximum absolute atomic E-state index is 2.33. The predicted molar refractivity (Wildman–Crippen MR) is 68.0 cm³/mol. The zero-order valence-corrected chi connectivity index (χ0v) is 10.9. The highest BCUT2D eigenvalue weighted by Crippen LogP contribution is 2.20. The fourth-order valence-electron chi connectivity index (χ4n) is 2.91. The summed E-state index contributed by atoms with van der Waals surface area (Å²) in [5, 5.41) is 0. The molecule has 1 nitrogen and oxygen atoms in total. The average molecular weight is 212 g/mol. The van der Waals surface area contributed by atoms with Gasteiger partial charge in [0, 0.05) is 0 Å². The summed E-state index contributed by atoms with van der Waals surface area (Å²) in [7, 11) is 0. The molecule has 1 rings (SSSR count). The topological polar surface area (TPSA) is 0 Å². The number of hydrogen-bond acceptors (Lipinski definition) is 0. The Bertz CT molecular complexity index is 135. The van der Waals surface area contributed by atoms with Gasteiger partial charge in [-0.05, 0) is 38.5 Å². The van der Waals surface area contributed by atoms with Crippen molar-refractivity contribution in [3.63, 3.8) is 0 Å². The molecule has 1 saturated heterocycles. The van der Waals surface area contributed by atoms with E-state index in [9.17, 15) is 0 Å². The average Bonchev–Trinajstić information content (AvgIpc) is 2.50. The number of hydrogen-bond donors (Lipinski definition) is 0. The largest absolute Gasteiger partial charge is 0.324 e. The van der Waals surface area contributed by atoms with E-state index in [0.29, 0.717) is 0 Å². The van der Waals surface area contributed by atoms with Crippen molar-refractivity contribution in [3.8, 4) is 0 Å². The molecule has 90 valence electrons. The summed E-state index contributed by atoms with van der Waals surface area (Å²) in [6.07, 6.45) is 11.5. The molecule has 0 radical (unpaired) electrons. The molecular weight excluding hydrogens is 182 g/mol. The highest BCUT2D eigenvalue weighted by Gasteiger charge is 2.26. The maximum atomic E-state index is 2.33. The van der Waals surface area contributed by atoms with Gasteiger partial charge in [0.15, 0.2) is 0 Å². The third-order valence-electron chi connectivity index (χ3n) is 3.99. The van der Waals surface area contributed by atoms with E-state index in [1.807, 2.05) is 0 Å². The maximum Gasteiger partial charge on any atom is 0.0786 e. The molecule has 0 aliphatic carbocycles. The van der Waals surface area contributed by atoms with Gasteiger partial charge in [-0.1, -0.05) is 26.7 Å². The van der Waals surface area contributed by atoms with E-state index >= 15 is 0 Å². The van der Waals surface area contributed by atoms with Crippen LogP contribution in [-0.2, 0) is 0 Å². The standard InChI is InChI=1S/C14H30N/c1-3-5-11-15(12-6-4-2)13-9-7-8-10-14-15/h3-14H2,1-2H3/q+1. The Hall–Kier alpha value is -0.0400. The van der Waals surface area contributed by atoms with Crippen LogP contribution < -0.4 is 0 Å². The summed E-state index contributed by atoms with van der Waals surface area (Å²) >= 11 is 0. The second-order valence-electron chi connectivity index (χ2n) is 5.36. The van der Waals surface area contributed by atoms with Crippen LogP contribution in [0.15, 0.2) is 0 Å². The van der Waals surface area contributed by atoms with Crippen molar-refractivity contribution >= 4 is 0 Å². The Morgan fingerprint density at radius 3 is 1.60 bits per heavy atom. The van der Waals surface area contributed by atoms with Crippen molar-refractivity contribution in [3.05, 3.63) is 0 Å². The Morgan fingerprint density at radius 2 is 1.20 bits per heavy atom. The Balaban J connectivity index is 2.47. The molecule has 0 amide bonds. The molecule has 0 aromatic carbocycles. The van der Waals surface area contributed by atoms with E-state index in [0.717, 1.165) is 0 Å². The summed E-state index contributed by atoms with van der Waals surface area (Å²) < 4.78 is 1.46. The van der Waals surface area contributed by atoms with E-state index in [4.69, 9.17) is 0 Å². The van der Waals surface area contributed by atoms with Gasteiger partial charge in [-0.15, -0.1) is 0 Å². The number of nitrogens with zero attached hydrogens (tertiary/aromatic N) is 1. The minimum Gasteiger partial charge on any atom is -0.324 e. The highest BCUT2D eigenvalue weighted by atomic mass is 15.3. The molecular formula is C14H30N+. The third-order valence-corrected chi connectivity index (χ3v) is 3.99. The van der Waals surface area contributed by atoms with Gasteiger partial charge in [0.05, 0.1) is 26.2 Å². The van der Waals surface area contributed by atoms with E-state index < -0.39 is 0 Å². The first-order valence-electron chi connectivity index (χ1n) is 7.18. The van der Waals surface area contributed by atoms with Crippen LogP contribution in [0.25, 0.3) is 0 Å². The third kappa shape index (κ3) is 4.55. The van der Waals surface area contributed by atoms with Crippen LogP contribution in [0.1, 0.15) is 65.2 Å². The molecule has 0 saturated carbocycles. The van der Waals surface area contributed by atoms with Gasteiger partial charge in [0.2, 0.25) is 0 Å². The fourth-order valence-corrected chi connectivity index (χ4v) is 2.91. The van der Waals surface area contributed by atoms with Gasteiger partial charge in [0.25, 0.3) is 0 Å². The lowest BCUT2D eigenvalue weighted by Crippen LogP contribution is -2.50. The van der Waals surface area contributed by atoms with Crippen molar-refractivity contribution < 1.29 is 4.48 Å².